The third-order valence-corrected chi connectivity index (χ3v) is 3.57. The fourth-order valence-electron chi connectivity index (χ4n) is 1.93. The van der Waals surface area contributed by atoms with Gasteiger partial charge in [0.25, 0.3) is 0 Å². The van der Waals surface area contributed by atoms with Crippen LogP contribution in [0.3, 0.4) is 0 Å². The molecule has 2 aromatic rings. The maximum absolute atomic E-state index is 8.86. The fraction of sp³-hybridized carbons (Fsp3) is 0.188. The molecular formula is C16H15BrN2. The van der Waals surface area contributed by atoms with Gasteiger partial charge in [0.1, 0.15) is 6.07 Å². The van der Waals surface area contributed by atoms with Gasteiger partial charge < -0.3 is 5.32 Å². The van der Waals surface area contributed by atoms with Crippen LogP contribution in [0, 0.1) is 18.3 Å². The second-order valence-electron chi connectivity index (χ2n) is 4.47. The Kier molecular flexibility index (Phi) is 4.59. The van der Waals surface area contributed by atoms with Gasteiger partial charge in [0.15, 0.2) is 0 Å². The average Bonchev–Trinajstić information content (AvgIpc) is 2.39. The molecule has 0 saturated heterocycles. The smallest absolute Gasteiger partial charge is 0.100 e. The molecule has 0 heterocycles. The molecule has 0 spiro atoms. The van der Waals surface area contributed by atoms with Crippen molar-refractivity contribution in [3.63, 3.8) is 0 Å². The third-order valence-electron chi connectivity index (χ3n) is 2.91. The van der Waals surface area contributed by atoms with Crippen molar-refractivity contribution in [2.75, 3.05) is 11.9 Å². The summed E-state index contributed by atoms with van der Waals surface area (Å²) >= 11 is 3.39. The van der Waals surface area contributed by atoms with Gasteiger partial charge in [-0.05, 0) is 53.0 Å². The van der Waals surface area contributed by atoms with Crippen LogP contribution >= 0.6 is 15.9 Å². The number of benzene rings is 2. The Bertz CT molecular complexity index is 614. The lowest BCUT2D eigenvalue weighted by molar-refractivity contribution is 1.02. The van der Waals surface area contributed by atoms with Crippen LogP contribution in [0.25, 0.3) is 0 Å². The molecule has 0 aliphatic carbocycles. The maximum atomic E-state index is 8.86. The van der Waals surface area contributed by atoms with E-state index < -0.39 is 0 Å². The van der Waals surface area contributed by atoms with Crippen molar-refractivity contribution in [3.8, 4) is 6.07 Å². The fourth-order valence-corrected chi connectivity index (χ4v) is 2.40. The lowest BCUT2D eigenvalue weighted by atomic mass is 10.1. The topological polar surface area (TPSA) is 35.8 Å². The highest BCUT2D eigenvalue weighted by molar-refractivity contribution is 9.10. The largest absolute Gasteiger partial charge is 0.385 e. The zero-order valence-electron chi connectivity index (χ0n) is 10.8. The molecule has 1 N–H and O–H groups in total. The van der Waals surface area contributed by atoms with E-state index in [0.29, 0.717) is 5.56 Å². The summed E-state index contributed by atoms with van der Waals surface area (Å²) in [6, 6.07) is 16.4. The average molecular weight is 315 g/mol. The molecule has 0 atom stereocenters. The first-order chi connectivity index (χ1) is 9.19. The van der Waals surface area contributed by atoms with E-state index in [2.05, 4.69) is 58.5 Å². The molecule has 19 heavy (non-hydrogen) atoms. The van der Waals surface area contributed by atoms with Crippen LogP contribution in [0.1, 0.15) is 16.7 Å². The second-order valence-corrected chi connectivity index (χ2v) is 5.33. The van der Waals surface area contributed by atoms with Crippen molar-refractivity contribution in [1.82, 2.24) is 0 Å². The first kappa shape index (κ1) is 13.6. The van der Waals surface area contributed by atoms with E-state index in [4.69, 9.17) is 5.26 Å². The molecule has 0 amide bonds. The Labute approximate surface area is 122 Å². The summed E-state index contributed by atoms with van der Waals surface area (Å²) in [7, 11) is 0. The number of anilines is 1. The molecular weight excluding hydrogens is 300 g/mol. The Morgan fingerprint density at radius 3 is 2.74 bits per heavy atom. The lowest BCUT2D eigenvalue weighted by Crippen LogP contribution is -2.05. The van der Waals surface area contributed by atoms with E-state index in [1.165, 1.54) is 11.1 Å². The SMILES string of the molecule is Cc1cccc(CCNc2ccc(C#N)c(Br)c2)c1. The van der Waals surface area contributed by atoms with Crippen molar-refractivity contribution in [1.29, 1.82) is 5.26 Å². The molecule has 0 radical (unpaired) electrons. The molecule has 0 aliphatic heterocycles. The van der Waals surface area contributed by atoms with E-state index >= 15 is 0 Å². The minimum absolute atomic E-state index is 0.657. The van der Waals surface area contributed by atoms with Crippen LogP contribution in [0.15, 0.2) is 46.9 Å². The van der Waals surface area contributed by atoms with Gasteiger partial charge in [-0.1, -0.05) is 29.8 Å². The highest BCUT2D eigenvalue weighted by atomic mass is 79.9. The molecule has 0 fully saturated rings. The van der Waals surface area contributed by atoms with Crippen LogP contribution in [0.2, 0.25) is 0 Å². The molecule has 2 rings (SSSR count). The number of aryl methyl sites for hydroxylation is 1. The summed E-state index contributed by atoms with van der Waals surface area (Å²) in [5.74, 6) is 0. The third kappa shape index (κ3) is 3.84. The van der Waals surface area contributed by atoms with Crippen molar-refractivity contribution < 1.29 is 0 Å². The molecule has 0 bridgehead atoms. The summed E-state index contributed by atoms with van der Waals surface area (Å²) in [5.41, 5.74) is 4.31. The van der Waals surface area contributed by atoms with Gasteiger partial charge >= 0.3 is 0 Å². The van der Waals surface area contributed by atoms with Gasteiger partial charge in [0.2, 0.25) is 0 Å². The Hall–Kier alpha value is -1.79. The Morgan fingerprint density at radius 1 is 1.21 bits per heavy atom. The predicted octanol–water partition coefficient (Wildman–Crippen LogP) is 4.28. The molecule has 0 unspecified atom stereocenters. The van der Waals surface area contributed by atoms with Crippen LogP contribution in [0.4, 0.5) is 5.69 Å². The number of nitrogens with zero attached hydrogens (tertiary/aromatic N) is 1. The van der Waals surface area contributed by atoms with Crippen molar-refractivity contribution in [3.05, 3.63) is 63.6 Å². The van der Waals surface area contributed by atoms with Gasteiger partial charge in [0, 0.05) is 16.7 Å². The molecule has 2 aromatic carbocycles. The number of nitrogens with one attached hydrogen (secondary N) is 1. The molecule has 0 saturated carbocycles. The summed E-state index contributed by atoms with van der Waals surface area (Å²) in [4.78, 5) is 0. The molecule has 0 aromatic heterocycles. The molecule has 96 valence electrons. The van der Waals surface area contributed by atoms with Crippen molar-refractivity contribution in [2.45, 2.75) is 13.3 Å². The van der Waals surface area contributed by atoms with E-state index in [9.17, 15) is 0 Å². The quantitative estimate of drug-likeness (QED) is 0.914. The van der Waals surface area contributed by atoms with Gasteiger partial charge in [0.05, 0.1) is 5.56 Å². The van der Waals surface area contributed by atoms with E-state index in [0.717, 1.165) is 23.1 Å². The summed E-state index contributed by atoms with van der Waals surface area (Å²) in [6.45, 7) is 2.98. The zero-order valence-corrected chi connectivity index (χ0v) is 12.4. The Morgan fingerprint density at radius 2 is 2.05 bits per heavy atom. The summed E-state index contributed by atoms with van der Waals surface area (Å²) < 4.78 is 0.829. The first-order valence-corrected chi connectivity index (χ1v) is 6.97. The summed E-state index contributed by atoms with van der Waals surface area (Å²) in [6.07, 6.45) is 0.985. The van der Waals surface area contributed by atoms with Gasteiger partial charge in [-0.15, -0.1) is 0 Å². The molecule has 3 heteroatoms. The van der Waals surface area contributed by atoms with Gasteiger partial charge in [-0.3, -0.25) is 0 Å². The number of halogens is 1. The minimum atomic E-state index is 0.657. The van der Waals surface area contributed by atoms with Crippen molar-refractivity contribution >= 4 is 21.6 Å². The monoisotopic (exact) mass is 314 g/mol. The van der Waals surface area contributed by atoms with Crippen LogP contribution < -0.4 is 5.32 Å². The van der Waals surface area contributed by atoms with E-state index in [1.54, 1.807) is 0 Å². The summed E-state index contributed by atoms with van der Waals surface area (Å²) in [5, 5.41) is 12.2. The molecule has 2 nitrogen and oxygen atoms in total. The molecule has 0 aliphatic rings. The van der Waals surface area contributed by atoms with E-state index in [1.807, 2.05) is 18.2 Å². The highest BCUT2D eigenvalue weighted by Gasteiger charge is 2.00. The van der Waals surface area contributed by atoms with Gasteiger partial charge in [-0.25, -0.2) is 0 Å². The van der Waals surface area contributed by atoms with Crippen LogP contribution in [-0.2, 0) is 6.42 Å². The maximum Gasteiger partial charge on any atom is 0.100 e. The number of hydrogen-bond donors (Lipinski definition) is 1. The second kappa shape index (κ2) is 6.40. The van der Waals surface area contributed by atoms with Gasteiger partial charge in [-0.2, -0.15) is 5.26 Å². The normalized spacial score (nSPS) is 9.95. The number of rotatable bonds is 4. The first-order valence-electron chi connectivity index (χ1n) is 6.18. The van der Waals surface area contributed by atoms with Crippen molar-refractivity contribution in [2.24, 2.45) is 0 Å². The number of nitriles is 1. The highest BCUT2D eigenvalue weighted by Crippen LogP contribution is 2.20. The lowest BCUT2D eigenvalue weighted by Gasteiger charge is -2.08. The standard InChI is InChI=1S/C16H15BrN2/c1-12-3-2-4-13(9-12)7-8-19-15-6-5-14(11-18)16(17)10-15/h2-6,9-10,19H,7-8H2,1H3. The zero-order chi connectivity index (χ0) is 13.7. The van der Waals surface area contributed by atoms with Crippen LogP contribution in [-0.4, -0.2) is 6.54 Å². The minimum Gasteiger partial charge on any atom is -0.385 e. The Balaban J connectivity index is 1.93. The number of hydrogen-bond acceptors (Lipinski definition) is 2. The van der Waals surface area contributed by atoms with Crippen LogP contribution in [0.5, 0.6) is 0 Å². The van der Waals surface area contributed by atoms with E-state index in [-0.39, 0.29) is 0 Å². The predicted molar refractivity (Wildman–Crippen MR) is 82.2 cm³/mol.